The lowest BCUT2D eigenvalue weighted by atomic mass is 10.2. The summed E-state index contributed by atoms with van der Waals surface area (Å²) in [5, 5.41) is 2.33. The van der Waals surface area contributed by atoms with E-state index in [-0.39, 0.29) is 37.4 Å². The third-order valence-corrected chi connectivity index (χ3v) is 2.09. The first kappa shape index (κ1) is 20.8. The van der Waals surface area contributed by atoms with Crippen LogP contribution in [-0.4, -0.2) is 25.1 Å². The Hall–Kier alpha value is -1.50. The molecule has 20 heavy (non-hydrogen) atoms. The maximum Gasteiger partial charge on any atom is 0.414 e. The molecule has 114 valence electrons. The summed E-state index contributed by atoms with van der Waals surface area (Å²) in [7, 11) is 0. The Labute approximate surface area is 130 Å². The number of nitrogens with one attached hydrogen (secondary N) is 1. The van der Waals surface area contributed by atoms with Gasteiger partial charge in [0.05, 0.1) is 0 Å². The molecule has 0 unspecified atom stereocenters. The molecule has 5 N–H and O–H groups in total. The summed E-state index contributed by atoms with van der Waals surface area (Å²) in [5.41, 5.74) is 11.7. The maximum atomic E-state index is 11.3. The van der Waals surface area contributed by atoms with Crippen molar-refractivity contribution in [1.29, 1.82) is 0 Å². The number of nitrogens with two attached hydrogens (primary N) is 2. The summed E-state index contributed by atoms with van der Waals surface area (Å²) in [5.74, 6) is 0.0431. The van der Waals surface area contributed by atoms with Gasteiger partial charge in [0.1, 0.15) is 6.61 Å². The molecule has 0 aliphatic carbocycles. The smallest absolute Gasteiger partial charge is 0.414 e. The second kappa shape index (κ2) is 12.5. The van der Waals surface area contributed by atoms with E-state index in [0.29, 0.717) is 13.1 Å². The summed E-state index contributed by atoms with van der Waals surface area (Å²) in [4.78, 5) is 15.3. The van der Waals surface area contributed by atoms with Crippen LogP contribution in [0.25, 0.3) is 0 Å². The topological polar surface area (TPSA) is 103 Å². The first-order chi connectivity index (χ1) is 8.72. The van der Waals surface area contributed by atoms with E-state index in [2.05, 4.69) is 10.3 Å². The van der Waals surface area contributed by atoms with Crippen LogP contribution in [0.15, 0.2) is 35.3 Å². The standard InChI is InChI=1S/C12H18N4O2.2ClH/c13-7-4-8-15-11(14)16-12(17)18-9-10-5-2-1-3-6-10;;/h1-3,5-6H,4,7-9,13H2,(H3,14,15,16,17);2*1H. The number of carbonyl (C=O) groups excluding carboxylic acids is 1. The molecular weight excluding hydrogens is 303 g/mol. The van der Waals surface area contributed by atoms with Crippen LogP contribution in [-0.2, 0) is 11.3 Å². The molecule has 0 radical (unpaired) electrons. The maximum absolute atomic E-state index is 11.3. The molecule has 1 rings (SSSR count). The number of guanidine groups is 1. The molecule has 0 bridgehead atoms. The number of benzene rings is 1. The predicted octanol–water partition coefficient (Wildman–Crippen LogP) is 1.42. The van der Waals surface area contributed by atoms with Gasteiger partial charge in [-0.15, -0.1) is 24.8 Å². The fourth-order valence-corrected chi connectivity index (χ4v) is 1.19. The van der Waals surface area contributed by atoms with E-state index in [1.807, 2.05) is 30.3 Å². The van der Waals surface area contributed by atoms with Crippen LogP contribution in [0.2, 0.25) is 0 Å². The largest absolute Gasteiger partial charge is 0.444 e. The quantitative estimate of drug-likeness (QED) is 0.433. The molecule has 0 aliphatic rings. The Kier molecular flexibility index (Phi) is 13.0. The molecule has 0 aromatic heterocycles. The fraction of sp³-hybridized carbons (Fsp3) is 0.333. The zero-order chi connectivity index (χ0) is 13.2. The zero-order valence-corrected chi connectivity index (χ0v) is 12.6. The Bertz CT molecular complexity index is 402. The molecule has 0 aliphatic heterocycles. The normalized spacial score (nSPS) is 9.95. The number of rotatable bonds is 5. The van der Waals surface area contributed by atoms with Crippen LogP contribution in [0.1, 0.15) is 12.0 Å². The third kappa shape index (κ3) is 9.43. The van der Waals surface area contributed by atoms with Crippen LogP contribution in [0.3, 0.4) is 0 Å². The van der Waals surface area contributed by atoms with Crippen molar-refractivity contribution in [2.24, 2.45) is 16.5 Å². The molecule has 1 aromatic rings. The number of aliphatic imine (C=N–C) groups is 1. The Morgan fingerprint density at radius 1 is 1.25 bits per heavy atom. The minimum absolute atomic E-state index is 0. The number of carbonyl (C=O) groups is 1. The number of alkyl carbamates (subject to hydrolysis) is 1. The lowest BCUT2D eigenvalue weighted by Crippen LogP contribution is -2.37. The average Bonchev–Trinajstić information content (AvgIpc) is 2.38. The van der Waals surface area contributed by atoms with E-state index in [1.54, 1.807) is 0 Å². The van der Waals surface area contributed by atoms with Gasteiger partial charge in [-0.1, -0.05) is 30.3 Å². The second-order valence-corrected chi connectivity index (χ2v) is 3.60. The van der Waals surface area contributed by atoms with Crippen molar-refractivity contribution in [3.05, 3.63) is 35.9 Å². The molecule has 0 spiro atoms. The van der Waals surface area contributed by atoms with Gasteiger partial charge in [0.2, 0.25) is 0 Å². The third-order valence-electron chi connectivity index (χ3n) is 2.09. The number of halogens is 2. The summed E-state index contributed by atoms with van der Waals surface area (Å²) >= 11 is 0. The van der Waals surface area contributed by atoms with Crippen molar-refractivity contribution in [2.75, 3.05) is 13.1 Å². The van der Waals surface area contributed by atoms with E-state index in [1.165, 1.54) is 0 Å². The van der Waals surface area contributed by atoms with Crippen molar-refractivity contribution in [2.45, 2.75) is 13.0 Å². The van der Waals surface area contributed by atoms with E-state index in [9.17, 15) is 4.79 Å². The molecule has 6 nitrogen and oxygen atoms in total. The highest BCUT2D eigenvalue weighted by molar-refractivity contribution is 5.92. The van der Waals surface area contributed by atoms with Gasteiger partial charge < -0.3 is 16.2 Å². The van der Waals surface area contributed by atoms with Gasteiger partial charge in [0.25, 0.3) is 0 Å². The summed E-state index contributed by atoms with van der Waals surface area (Å²) in [6, 6.07) is 9.38. The molecule has 0 atom stereocenters. The van der Waals surface area contributed by atoms with Crippen LogP contribution < -0.4 is 16.8 Å². The van der Waals surface area contributed by atoms with E-state index in [0.717, 1.165) is 12.0 Å². The SMILES string of the molecule is Cl.Cl.NCCCN=C(N)NC(=O)OCc1ccccc1. The minimum Gasteiger partial charge on any atom is -0.444 e. The van der Waals surface area contributed by atoms with Crippen molar-refractivity contribution in [3.8, 4) is 0 Å². The molecule has 1 amide bonds. The van der Waals surface area contributed by atoms with Crippen LogP contribution in [0.5, 0.6) is 0 Å². The first-order valence-corrected chi connectivity index (χ1v) is 5.70. The molecular formula is C12H20Cl2N4O2. The first-order valence-electron chi connectivity index (χ1n) is 5.70. The fourth-order valence-electron chi connectivity index (χ4n) is 1.19. The second-order valence-electron chi connectivity index (χ2n) is 3.60. The molecule has 0 saturated carbocycles. The highest BCUT2D eigenvalue weighted by Crippen LogP contribution is 2.00. The number of amides is 1. The van der Waals surface area contributed by atoms with Gasteiger partial charge >= 0.3 is 6.09 Å². The van der Waals surface area contributed by atoms with E-state index in [4.69, 9.17) is 16.2 Å². The molecule has 0 heterocycles. The lowest BCUT2D eigenvalue weighted by Gasteiger charge is -2.06. The van der Waals surface area contributed by atoms with E-state index < -0.39 is 6.09 Å². The number of ether oxygens (including phenoxy) is 1. The molecule has 1 aromatic carbocycles. The van der Waals surface area contributed by atoms with Gasteiger partial charge in [-0.3, -0.25) is 10.3 Å². The van der Waals surface area contributed by atoms with E-state index >= 15 is 0 Å². The van der Waals surface area contributed by atoms with Crippen molar-refractivity contribution in [1.82, 2.24) is 5.32 Å². The van der Waals surface area contributed by atoms with Crippen LogP contribution in [0.4, 0.5) is 4.79 Å². The molecule has 0 saturated heterocycles. The average molecular weight is 323 g/mol. The van der Waals surface area contributed by atoms with Crippen LogP contribution in [0, 0.1) is 0 Å². The summed E-state index contributed by atoms with van der Waals surface area (Å²) in [6.07, 6.45) is 0.106. The monoisotopic (exact) mass is 322 g/mol. The lowest BCUT2D eigenvalue weighted by molar-refractivity contribution is 0.145. The van der Waals surface area contributed by atoms with Crippen molar-refractivity contribution >= 4 is 36.9 Å². The highest BCUT2D eigenvalue weighted by Gasteiger charge is 2.03. The summed E-state index contributed by atoms with van der Waals surface area (Å²) in [6.45, 7) is 1.22. The number of hydrogen-bond donors (Lipinski definition) is 3. The van der Waals surface area contributed by atoms with Gasteiger partial charge in [0.15, 0.2) is 5.96 Å². The predicted molar refractivity (Wildman–Crippen MR) is 84.4 cm³/mol. The minimum atomic E-state index is -0.618. The van der Waals surface area contributed by atoms with Crippen LogP contribution >= 0.6 is 24.8 Å². The molecule has 0 fully saturated rings. The van der Waals surface area contributed by atoms with Gasteiger partial charge in [-0.25, -0.2) is 4.79 Å². The van der Waals surface area contributed by atoms with Crippen molar-refractivity contribution in [3.63, 3.8) is 0 Å². The van der Waals surface area contributed by atoms with Crippen molar-refractivity contribution < 1.29 is 9.53 Å². The summed E-state index contributed by atoms with van der Waals surface area (Å²) < 4.78 is 4.97. The molecule has 8 heteroatoms. The van der Waals surface area contributed by atoms with Gasteiger partial charge in [-0.2, -0.15) is 0 Å². The Morgan fingerprint density at radius 3 is 2.50 bits per heavy atom. The van der Waals surface area contributed by atoms with Gasteiger partial charge in [0, 0.05) is 6.54 Å². The number of nitrogens with zero attached hydrogens (tertiary/aromatic N) is 1. The Balaban J connectivity index is 0. The Morgan fingerprint density at radius 2 is 1.90 bits per heavy atom. The highest BCUT2D eigenvalue weighted by atomic mass is 35.5. The van der Waals surface area contributed by atoms with Gasteiger partial charge in [-0.05, 0) is 18.5 Å². The zero-order valence-electron chi connectivity index (χ0n) is 11.0. The number of hydrogen-bond acceptors (Lipinski definition) is 4.